The molecular weight excluding hydrogens is 169 g/mol. The van der Waals surface area contributed by atoms with Crippen LogP contribution in [0.1, 0.15) is 12.8 Å². The minimum Gasteiger partial charge on any atom is -0.380 e. The minimum atomic E-state index is -4.52. The molecule has 1 atom stereocenters. The number of aliphatic hydroxyl groups excluding tert-OH is 1. The molecule has 0 rings (SSSR count). The molecule has 1 unspecified atom stereocenters. The van der Waals surface area contributed by atoms with E-state index in [9.17, 15) is 13.2 Å². The van der Waals surface area contributed by atoms with Crippen molar-refractivity contribution in [3.63, 3.8) is 0 Å². The van der Waals surface area contributed by atoms with E-state index in [0.717, 1.165) is 5.92 Å². The summed E-state index contributed by atoms with van der Waals surface area (Å²) in [5.41, 5.74) is 0. The molecule has 0 aromatic heterocycles. The predicted molar refractivity (Wildman–Crippen MR) is 39.3 cm³/mol. The molecule has 68 valence electrons. The second-order valence-corrected chi connectivity index (χ2v) is 2.15. The van der Waals surface area contributed by atoms with Gasteiger partial charge in [-0.3, -0.25) is 0 Å². The highest BCUT2D eigenvalue weighted by Gasteiger charge is 2.23. The van der Waals surface area contributed by atoms with Crippen LogP contribution in [0.25, 0.3) is 0 Å². The highest BCUT2D eigenvalue weighted by Crippen LogP contribution is 2.12. The summed E-state index contributed by atoms with van der Waals surface area (Å²) < 4.78 is 34.3. The third kappa shape index (κ3) is 7.16. The van der Waals surface area contributed by atoms with Gasteiger partial charge in [0, 0.05) is 5.92 Å². The van der Waals surface area contributed by atoms with Gasteiger partial charge in [-0.2, -0.15) is 13.2 Å². The van der Waals surface area contributed by atoms with Crippen molar-refractivity contribution in [1.29, 1.82) is 0 Å². The maximum Gasteiger partial charge on any atom is 0.457 e. The maximum atomic E-state index is 11.4. The Morgan fingerprint density at radius 1 is 1.50 bits per heavy atom. The van der Waals surface area contributed by atoms with Gasteiger partial charge in [0.05, 0.1) is 0 Å². The van der Waals surface area contributed by atoms with Gasteiger partial charge < -0.3 is 5.11 Å². The Morgan fingerprint density at radius 3 is 2.50 bits per heavy atom. The van der Waals surface area contributed by atoms with Gasteiger partial charge in [-0.15, -0.1) is 6.58 Å². The average molecular weight is 178 g/mol. The van der Waals surface area contributed by atoms with Crippen molar-refractivity contribution in [1.82, 2.24) is 0 Å². The van der Waals surface area contributed by atoms with Crippen LogP contribution in [0.3, 0.4) is 0 Å². The van der Waals surface area contributed by atoms with Crippen molar-refractivity contribution in [2.24, 2.45) is 0 Å². The fourth-order valence-electron chi connectivity index (χ4n) is 0.513. The lowest BCUT2D eigenvalue weighted by Gasteiger charge is -1.99. The van der Waals surface area contributed by atoms with Crippen LogP contribution in [0.2, 0.25) is 0 Å². The molecule has 1 N–H and O–H groups in total. The zero-order chi connectivity index (χ0) is 9.61. The quantitative estimate of drug-likeness (QED) is 0.516. The smallest absolute Gasteiger partial charge is 0.380 e. The first-order valence-electron chi connectivity index (χ1n) is 3.34. The lowest BCUT2D eigenvalue weighted by atomic mass is 10.2. The number of hydrogen-bond donors (Lipinski definition) is 1. The minimum absolute atomic E-state index is 0.187. The van der Waals surface area contributed by atoms with E-state index in [-0.39, 0.29) is 6.42 Å². The number of hydrogen-bond acceptors (Lipinski definition) is 1. The molecule has 0 saturated carbocycles. The van der Waals surface area contributed by atoms with E-state index in [1.165, 1.54) is 6.08 Å². The Kier molecular flexibility index (Phi) is 4.45. The van der Waals surface area contributed by atoms with Crippen LogP contribution < -0.4 is 0 Å². The van der Waals surface area contributed by atoms with Gasteiger partial charge in [0.15, 0.2) is 0 Å². The van der Waals surface area contributed by atoms with E-state index >= 15 is 0 Å². The molecule has 0 aliphatic carbocycles. The second-order valence-electron chi connectivity index (χ2n) is 2.15. The zero-order valence-corrected chi connectivity index (χ0v) is 6.36. The summed E-state index contributed by atoms with van der Waals surface area (Å²) in [5, 5.41) is 8.82. The summed E-state index contributed by atoms with van der Waals surface area (Å²) >= 11 is 0. The van der Waals surface area contributed by atoms with E-state index in [2.05, 4.69) is 6.58 Å². The first-order chi connectivity index (χ1) is 5.45. The molecule has 0 aromatic rings. The monoisotopic (exact) mass is 178 g/mol. The normalized spacial score (nSPS) is 13.0. The fourth-order valence-corrected chi connectivity index (χ4v) is 0.513. The molecule has 0 saturated heterocycles. The summed E-state index contributed by atoms with van der Waals surface area (Å²) in [5.74, 6) is 2.69. The van der Waals surface area contributed by atoms with Crippen molar-refractivity contribution < 1.29 is 18.3 Å². The molecule has 0 spiro atoms. The van der Waals surface area contributed by atoms with E-state index in [1.807, 2.05) is 0 Å². The molecule has 0 heterocycles. The zero-order valence-electron chi connectivity index (χ0n) is 6.36. The summed E-state index contributed by atoms with van der Waals surface area (Å²) in [4.78, 5) is 0. The molecule has 0 aliphatic rings. The molecule has 0 aliphatic heterocycles. The van der Waals surface area contributed by atoms with Gasteiger partial charge in [0.1, 0.15) is 6.10 Å². The van der Waals surface area contributed by atoms with Gasteiger partial charge in [0.2, 0.25) is 0 Å². The van der Waals surface area contributed by atoms with Crippen LogP contribution in [0.15, 0.2) is 12.7 Å². The van der Waals surface area contributed by atoms with Crippen molar-refractivity contribution in [2.75, 3.05) is 0 Å². The summed E-state index contributed by atoms with van der Waals surface area (Å²) in [6, 6.07) is 0. The van der Waals surface area contributed by atoms with Crippen molar-refractivity contribution >= 4 is 0 Å². The van der Waals surface area contributed by atoms with Gasteiger partial charge in [-0.1, -0.05) is 12.0 Å². The van der Waals surface area contributed by atoms with Gasteiger partial charge in [-0.25, -0.2) is 0 Å². The number of alkyl halides is 3. The Hall–Kier alpha value is -0.950. The highest BCUT2D eigenvalue weighted by atomic mass is 19.4. The standard InChI is InChI=1S/C8H9F3O/c1-2-3-4-7(12)5-6-8(9,10)11/h2,7,12H,1,3-4H2. The molecular formula is C8H9F3O. The maximum absolute atomic E-state index is 11.4. The Bertz CT molecular complexity index is 197. The molecule has 0 amide bonds. The summed E-state index contributed by atoms with van der Waals surface area (Å²) in [7, 11) is 0. The number of allylic oxidation sites excluding steroid dienone is 1. The van der Waals surface area contributed by atoms with Crippen LogP contribution in [0.4, 0.5) is 13.2 Å². The highest BCUT2D eigenvalue weighted by molar-refractivity contribution is 5.09. The molecule has 0 radical (unpaired) electrons. The van der Waals surface area contributed by atoms with Crippen molar-refractivity contribution in [3.8, 4) is 11.8 Å². The second kappa shape index (κ2) is 4.83. The molecule has 0 bridgehead atoms. The van der Waals surface area contributed by atoms with E-state index < -0.39 is 12.3 Å². The molecule has 0 aromatic carbocycles. The number of halogens is 3. The first kappa shape index (κ1) is 11.1. The van der Waals surface area contributed by atoms with E-state index in [0.29, 0.717) is 6.42 Å². The van der Waals surface area contributed by atoms with Crippen molar-refractivity contribution in [3.05, 3.63) is 12.7 Å². The fraction of sp³-hybridized carbons (Fsp3) is 0.500. The molecule has 12 heavy (non-hydrogen) atoms. The predicted octanol–water partition coefficient (Wildman–Crippen LogP) is 1.88. The van der Waals surface area contributed by atoms with Crippen LogP contribution in [-0.4, -0.2) is 17.4 Å². The van der Waals surface area contributed by atoms with Gasteiger partial charge in [-0.05, 0) is 12.8 Å². The van der Waals surface area contributed by atoms with E-state index in [1.54, 1.807) is 5.92 Å². The number of aliphatic hydroxyl groups is 1. The summed E-state index contributed by atoms with van der Waals surface area (Å²) in [6.45, 7) is 3.36. The van der Waals surface area contributed by atoms with Crippen LogP contribution >= 0.6 is 0 Å². The first-order valence-corrected chi connectivity index (χ1v) is 3.34. The van der Waals surface area contributed by atoms with Crippen molar-refractivity contribution in [2.45, 2.75) is 25.1 Å². The average Bonchev–Trinajstić information content (AvgIpc) is 1.95. The Labute approximate surface area is 68.9 Å². The van der Waals surface area contributed by atoms with Crippen LogP contribution in [-0.2, 0) is 0 Å². The molecule has 1 nitrogen and oxygen atoms in total. The summed E-state index contributed by atoms with van der Waals surface area (Å²) in [6.07, 6.45) is -3.59. The van der Waals surface area contributed by atoms with Crippen LogP contribution in [0, 0.1) is 11.8 Å². The number of rotatable bonds is 3. The Morgan fingerprint density at radius 2 is 2.08 bits per heavy atom. The SMILES string of the molecule is C=CCCC(O)C#CC(F)(F)F. The Balaban J connectivity index is 3.86. The lowest BCUT2D eigenvalue weighted by Crippen LogP contribution is -2.07. The molecule has 0 fully saturated rings. The lowest BCUT2D eigenvalue weighted by molar-refractivity contribution is -0.0700. The third-order valence-corrected chi connectivity index (χ3v) is 1.02. The third-order valence-electron chi connectivity index (χ3n) is 1.02. The van der Waals surface area contributed by atoms with Gasteiger partial charge >= 0.3 is 6.18 Å². The van der Waals surface area contributed by atoms with Crippen LogP contribution in [0.5, 0.6) is 0 Å². The largest absolute Gasteiger partial charge is 0.457 e. The van der Waals surface area contributed by atoms with E-state index in [4.69, 9.17) is 5.11 Å². The topological polar surface area (TPSA) is 20.2 Å². The molecule has 4 heteroatoms. The van der Waals surface area contributed by atoms with Gasteiger partial charge in [0.25, 0.3) is 0 Å².